The largest absolute Gasteiger partial charge is 0.412 e. The maximum absolute atomic E-state index is 11.0. The van der Waals surface area contributed by atoms with Crippen LogP contribution < -0.4 is 10.1 Å². The third-order valence-corrected chi connectivity index (χ3v) is 2.24. The summed E-state index contributed by atoms with van der Waals surface area (Å²) >= 11 is 0. The van der Waals surface area contributed by atoms with Gasteiger partial charge in [-0.15, -0.1) is 0 Å². The lowest BCUT2D eigenvalue weighted by Crippen LogP contribution is -2.22. The molecule has 4 nitrogen and oxygen atoms in total. The molecule has 0 spiro atoms. The summed E-state index contributed by atoms with van der Waals surface area (Å²) in [4.78, 5) is 14.4. The Labute approximate surface area is 88.7 Å². The van der Waals surface area contributed by atoms with Gasteiger partial charge in [-0.25, -0.2) is 9.64 Å². The van der Waals surface area contributed by atoms with E-state index < -0.39 is 6.09 Å². The van der Waals surface area contributed by atoms with E-state index in [2.05, 4.69) is 10.2 Å². The highest BCUT2D eigenvalue weighted by Gasteiger charge is 2.09. The molecule has 0 fully saturated rings. The van der Waals surface area contributed by atoms with E-state index in [1.165, 1.54) is 7.05 Å². The van der Waals surface area contributed by atoms with Crippen LogP contribution in [0.5, 0.6) is 5.75 Å². The van der Waals surface area contributed by atoms with E-state index in [0.29, 0.717) is 11.4 Å². The average molecular weight is 204 g/mol. The van der Waals surface area contributed by atoms with Crippen molar-refractivity contribution in [2.45, 2.75) is 13.8 Å². The van der Waals surface area contributed by atoms with Crippen molar-refractivity contribution in [1.29, 1.82) is 0 Å². The highest BCUT2D eigenvalue weighted by Crippen LogP contribution is 2.29. The molecule has 1 aromatic carbocycles. The lowest BCUT2D eigenvalue weighted by atomic mass is 10.1. The van der Waals surface area contributed by atoms with Crippen LogP contribution in [0.1, 0.15) is 11.1 Å². The van der Waals surface area contributed by atoms with Crippen molar-refractivity contribution in [3.63, 3.8) is 0 Å². The van der Waals surface area contributed by atoms with Gasteiger partial charge in [-0.2, -0.15) is 0 Å². The molecule has 0 saturated heterocycles. The lowest BCUT2D eigenvalue weighted by Gasteiger charge is -2.09. The number of ether oxygens (including phenoxy) is 1. The maximum atomic E-state index is 11.0. The maximum Gasteiger partial charge on any atom is 0.412 e. The van der Waals surface area contributed by atoms with Gasteiger partial charge in [0.15, 0.2) is 5.69 Å². The summed E-state index contributed by atoms with van der Waals surface area (Å²) in [5, 5.41) is 2.37. The van der Waals surface area contributed by atoms with E-state index in [9.17, 15) is 4.79 Å². The molecular weight excluding hydrogens is 192 g/mol. The zero-order valence-corrected chi connectivity index (χ0v) is 8.92. The van der Waals surface area contributed by atoms with Gasteiger partial charge in [0.1, 0.15) is 5.75 Å². The van der Waals surface area contributed by atoms with Crippen molar-refractivity contribution in [2.75, 3.05) is 7.05 Å². The van der Waals surface area contributed by atoms with E-state index in [1.54, 1.807) is 12.1 Å². The summed E-state index contributed by atoms with van der Waals surface area (Å²) in [5.74, 6) is 0.485. The van der Waals surface area contributed by atoms with E-state index in [0.717, 1.165) is 11.1 Å². The van der Waals surface area contributed by atoms with Crippen molar-refractivity contribution >= 4 is 11.8 Å². The average Bonchev–Trinajstić information content (AvgIpc) is 2.25. The minimum atomic E-state index is -0.506. The molecule has 0 aromatic heterocycles. The topological polar surface area (TPSA) is 42.7 Å². The molecule has 1 aromatic rings. The molecule has 0 heterocycles. The Morgan fingerprint density at radius 3 is 2.60 bits per heavy atom. The molecule has 78 valence electrons. The van der Waals surface area contributed by atoms with Gasteiger partial charge in [-0.3, -0.25) is 0 Å². The van der Waals surface area contributed by atoms with E-state index in [4.69, 9.17) is 11.3 Å². The molecule has 0 unspecified atom stereocenters. The van der Waals surface area contributed by atoms with Gasteiger partial charge in [0.05, 0.1) is 6.57 Å². The number of carbonyl (C=O) groups excluding carboxylic acids is 1. The van der Waals surface area contributed by atoms with Crippen LogP contribution in [0, 0.1) is 20.4 Å². The zero-order chi connectivity index (χ0) is 11.4. The predicted octanol–water partition coefficient (Wildman–Crippen LogP) is 2.57. The summed E-state index contributed by atoms with van der Waals surface area (Å²) < 4.78 is 5.02. The zero-order valence-electron chi connectivity index (χ0n) is 8.92. The molecule has 0 aliphatic carbocycles. The molecule has 15 heavy (non-hydrogen) atoms. The van der Waals surface area contributed by atoms with Crippen molar-refractivity contribution in [3.8, 4) is 5.75 Å². The fourth-order valence-electron chi connectivity index (χ4n) is 1.16. The van der Waals surface area contributed by atoms with Crippen LogP contribution in [-0.4, -0.2) is 13.1 Å². The lowest BCUT2D eigenvalue weighted by molar-refractivity contribution is 0.202. The normalized spacial score (nSPS) is 9.20. The first-order valence-corrected chi connectivity index (χ1v) is 4.47. The molecule has 0 atom stereocenters. The van der Waals surface area contributed by atoms with Crippen molar-refractivity contribution in [3.05, 3.63) is 34.7 Å². The third kappa shape index (κ3) is 2.26. The van der Waals surface area contributed by atoms with Crippen LogP contribution in [0.25, 0.3) is 4.85 Å². The smallest absolute Gasteiger partial charge is 0.410 e. The number of nitrogens with zero attached hydrogens (tertiary/aromatic N) is 1. The minimum Gasteiger partial charge on any atom is -0.410 e. The number of carbonyl (C=O) groups is 1. The SMILES string of the molecule is [C-]#[N+]c1ccc(OC(=O)NC)c(C)c1C. The number of amides is 1. The molecule has 4 heteroatoms. The Kier molecular flexibility index (Phi) is 3.29. The summed E-state index contributed by atoms with van der Waals surface area (Å²) in [6.45, 7) is 10.6. The van der Waals surface area contributed by atoms with Crippen LogP contribution in [-0.2, 0) is 0 Å². The first kappa shape index (κ1) is 11.1. The Bertz CT molecular complexity index is 433. The molecular formula is C11H12N2O2. The van der Waals surface area contributed by atoms with Crippen molar-refractivity contribution in [1.82, 2.24) is 5.32 Å². The van der Waals surface area contributed by atoms with Gasteiger partial charge < -0.3 is 10.1 Å². The molecule has 1 N–H and O–H groups in total. The van der Waals surface area contributed by atoms with Crippen LogP contribution in [0.15, 0.2) is 12.1 Å². The van der Waals surface area contributed by atoms with Crippen LogP contribution in [0.4, 0.5) is 10.5 Å². The summed E-state index contributed by atoms with van der Waals surface area (Å²) in [5.41, 5.74) is 2.23. The fourth-order valence-corrected chi connectivity index (χ4v) is 1.16. The Morgan fingerprint density at radius 2 is 2.07 bits per heavy atom. The Morgan fingerprint density at radius 1 is 1.40 bits per heavy atom. The quantitative estimate of drug-likeness (QED) is 0.714. The fraction of sp³-hybridized carbons (Fsp3) is 0.273. The number of rotatable bonds is 1. The third-order valence-electron chi connectivity index (χ3n) is 2.24. The summed E-state index contributed by atoms with van der Waals surface area (Å²) in [6.07, 6.45) is -0.506. The molecule has 1 amide bonds. The van der Waals surface area contributed by atoms with Crippen molar-refractivity contribution in [2.24, 2.45) is 0 Å². The molecule has 0 aliphatic rings. The van der Waals surface area contributed by atoms with Crippen LogP contribution >= 0.6 is 0 Å². The second-order valence-corrected chi connectivity index (χ2v) is 3.08. The van der Waals surface area contributed by atoms with E-state index in [-0.39, 0.29) is 0 Å². The highest BCUT2D eigenvalue weighted by atomic mass is 16.6. The highest BCUT2D eigenvalue weighted by molar-refractivity contribution is 5.71. The van der Waals surface area contributed by atoms with Crippen LogP contribution in [0.3, 0.4) is 0 Å². The predicted molar refractivity (Wildman–Crippen MR) is 57.3 cm³/mol. The Hall–Kier alpha value is -2.02. The van der Waals surface area contributed by atoms with Gasteiger partial charge in [0, 0.05) is 7.05 Å². The molecule has 0 saturated carbocycles. The van der Waals surface area contributed by atoms with Gasteiger partial charge in [-0.05, 0) is 31.0 Å². The molecule has 1 rings (SSSR count). The minimum absolute atomic E-state index is 0.485. The Balaban J connectivity index is 3.08. The second-order valence-electron chi connectivity index (χ2n) is 3.08. The number of nitrogens with one attached hydrogen (secondary N) is 1. The number of benzene rings is 1. The van der Waals surface area contributed by atoms with E-state index in [1.807, 2.05) is 13.8 Å². The number of hydrogen-bond acceptors (Lipinski definition) is 2. The second kappa shape index (κ2) is 4.47. The molecule has 0 radical (unpaired) electrons. The number of hydrogen-bond donors (Lipinski definition) is 1. The standard InChI is InChI=1S/C11H12N2O2/c1-7-8(2)10(15-11(14)13-4)6-5-9(7)12-3/h5-6H,1-2,4H3,(H,13,14). The molecule has 0 aliphatic heterocycles. The van der Waals surface area contributed by atoms with E-state index >= 15 is 0 Å². The van der Waals surface area contributed by atoms with Gasteiger partial charge in [0.25, 0.3) is 0 Å². The molecule has 0 bridgehead atoms. The monoisotopic (exact) mass is 204 g/mol. The van der Waals surface area contributed by atoms with Gasteiger partial charge in [-0.1, -0.05) is 6.07 Å². The summed E-state index contributed by atoms with van der Waals surface area (Å²) in [7, 11) is 1.50. The van der Waals surface area contributed by atoms with Crippen LogP contribution in [0.2, 0.25) is 0 Å². The summed E-state index contributed by atoms with van der Waals surface area (Å²) in [6, 6.07) is 3.28. The van der Waals surface area contributed by atoms with Gasteiger partial charge >= 0.3 is 6.09 Å². The van der Waals surface area contributed by atoms with Crippen molar-refractivity contribution < 1.29 is 9.53 Å². The van der Waals surface area contributed by atoms with Gasteiger partial charge in [0.2, 0.25) is 0 Å². The first-order valence-electron chi connectivity index (χ1n) is 4.47. The first-order chi connectivity index (χ1) is 7.10.